The molecule has 0 aromatic carbocycles. The molecule has 0 aromatic rings. The highest BCUT2D eigenvalue weighted by Crippen LogP contribution is 2.26. The van der Waals surface area contributed by atoms with E-state index in [-0.39, 0.29) is 36.1 Å². The molecule has 0 bridgehead atoms. The van der Waals surface area contributed by atoms with Crippen LogP contribution in [-0.4, -0.2) is 90.3 Å². The Kier molecular flexibility index (Phi) is 7.04. The Morgan fingerprint density at radius 2 is 2.08 bits per heavy atom. The van der Waals surface area contributed by atoms with Crippen molar-refractivity contribution in [2.75, 3.05) is 39.8 Å². The van der Waals surface area contributed by atoms with Gasteiger partial charge in [-0.2, -0.15) is 0 Å². The summed E-state index contributed by atoms with van der Waals surface area (Å²) >= 11 is 0. The molecule has 2 aliphatic heterocycles. The second-order valence-electron chi connectivity index (χ2n) is 8.56. The van der Waals surface area contributed by atoms with Gasteiger partial charge in [0.15, 0.2) is 5.96 Å². The molecule has 26 heavy (non-hydrogen) atoms. The number of hydrogen-bond acceptors (Lipinski definition) is 6. The number of halogens is 1. The van der Waals surface area contributed by atoms with E-state index in [0.717, 1.165) is 31.6 Å². The van der Waals surface area contributed by atoms with Crippen molar-refractivity contribution in [3.8, 4) is 0 Å². The number of ether oxygens (including phenoxy) is 1. The Labute approximate surface area is 174 Å². The molecule has 2 unspecified atom stereocenters. The van der Waals surface area contributed by atoms with Crippen LogP contribution in [0.2, 0.25) is 0 Å². The first-order chi connectivity index (χ1) is 11.7. The summed E-state index contributed by atoms with van der Waals surface area (Å²) in [4.78, 5) is 23.5. The molecule has 8 heteroatoms. The highest BCUT2D eigenvalue weighted by Gasteiger charge is 2.36. The smallest absolute Gasteiger partial charge is 0.410 e. The molecule has 0 spiro atoms. The fourth-order valence-electron chi connectivity index (χ4n) is 3.45. The summed E-state index contributed by atoms with van der Waals surface area (Å²) in [6, 6.07) is 1.53. The zero-order valence-electron chi connectivity index (χ0n) is 16.7. The van der Waals surface area contributed by atoms with Crippen molar-refractivity contribution in [2.45, 2.75) is 64.3 Å². The molecule has 150 valence electrons. The van der Waals surface area contributed by atoms with Crippen LogP contribution in [0.3, 0.4) is 0 Å². The first-order valence-electron chi connectivity index (χ1n) is 9.49. The maximum absolute atomic E-state index is 12.3. The zero-order chi connectivity index (χ0) is 18.2. The van der Waals surface area contributed by atoms with Crippen LogP contribution in [0, 0.1) is 0 Å². The number of nitrogens with zero attached hydrogens (tertiary/aromatic N) is 4. The van der Waals surface area contributed by atoms with E-state index in [0.29, 0.717) is 19.1 Å². The van der Waals surface area contributed by atoms with Crippen molar-refractivity contribution in [1.29, 1.82) is 0 Å². The van der Waals surface area contributed by atoms with Gasteiger partial charge in [0, 0.05) is 38.3 Å². The van der Waals surface area contributed by atoms with Gasteiger partial charge in [0.05, 0.1) is 12.6 Å². The highest BCUT2D eigenvalue weighted by molar-refractivity contribution is 14.0. The van der Waals surface area contributed by atoms with Crippen molar-refractivity contribution in [3.63, 3.8) is 0 Å². The van der Waals surface area contributed by atoms with Gasteiger partial charge in [-0.1, -0.05) is 0 Å². The molecule has 2 heterocycles. The van der Waals surface area contributed by atoms with Crippen LogP contribution in [0.5, 0.6) is 0 Å². The number of rotatable bonds is 4. The van der Waals surface area contributed by atoms with Crippen molar-refractivity contribution >= 4 is 36.0 Å². The minimum Gasteiger partial charge on any atom is -0.444 e. The topological polar surface area (TPSA) is 60.4 Å². The van der Waals surface area contributed by atoms with Gasteiger partial charge in [-0.3, -0.25) is 9.89 Å². The van der Waals surface area contributed by atoms with E-state index < -0.39 is 5.60 Å². The molecule has 1 amide bonds. The maximum Gasteiger partial charge on any atom is 0.410 e. The number of likely N-dealkylation sites (N-methyl/N-ethyl adjacent to an activating group) is 1. The van der Waals surface area contributed by atoms with Gasteiger partial charge in [-0.15, -0.1) is 24.0 Å². The van der Waals surface area contributed by atoms with Crippen LogP contribution >= 0.6 is 24.0 Å². The van der Waals surface area contributed by atoms with E-state index in [9.17, 15) is 4.79 Å². The molecule has 0 radical (unpaired) electrons. The lowest BCUT2D eigenvalue weighted by atomic mass is 10.2. The quantitative estimate of drug-likeness (QED) is 0.625. The second-order valence-corrected chi connectivity index (χ2v) is 8.56. The van der Waals surface area contributed by atoms with Crippen molar-refractivity contribution < 1.29 is 9.53 Å². The third-order valence-electron chi connectivity index (χ3n) is 5.23. The molecule has 1 N–H and O–H groups in total. The van der Waals surface area contributed by atoms with E-state index in [1.165, 1.54) is 12.8 Å². The summed E-state index contributed by atoms with van der Waals surface area (Å²) < 4.78 is 5.50. The number of piperazine rings is 1. The van der Waals surface area contributed by atoms with Crippen LogP contribution in [0.1, 0.15) is 40.5 Å². The highest BCUT2D eigenvalue weighted by atomic mass is 127. The van der Waals surface area contributed by atoms with E-state index in [4.69, 9.17) is 4.74 Å². The average molecular weight is 479 g/mol. The first kappa shape index (κ1) is 21.5. The molecule has 0 aromatic heterocycles. The van der Waals surface area contributed by atoms with Gasteiger partial charge in [0.25, 0.3) is 0 Å². The molecule has 3 aliphatic rings. The lowest BCUT2D eigenvalue weighted by Gasteiger charge is -2.39. The summed E-state index contributed by atoms with van der Waals surface area (Å²) in [5, 5.41) is 3.53. The normalized spacial score (nSPS) is 23.9. The van der Waals surface area contributed by atoms with Gasteiger partial charge in [0.1, 0.15) is 5.60 Å². The third kappa shape index (κ3) is 5.37. The number of aliphatic imine (C=N–C) groups is 1. The standard InChI is InChI=1S/C18H33N5O2.HI/c1-13(21(5)14-6-7-14)10-19-16-20-11-15-12-22(8-9-23(15)16)17(24)25-18(2,3)4;/h13-15H,6-12H2,1-5H3,(H,19,20);1H. The molecular formula is C18H34IN5O2. The number of guanidine groups is 1. The van der Waals surface area contributed by atoms with Gasteiger partial charge >= 0.3 is 6.09 Å². The summed E-state index contributed by atoms with van der Waals surface area (Å²) in [6.07, 6.45) is 2.45. The summed E-state index contributed by atoms with van der Waals surface area (Å²) in [7, 11) is 2.21. The number of amides is 1. The van der Waals surface area contributed by atoms with Crippen LogP contribution < -0.4 is 5.32 Å². The second kappa shape index (κ2) is 8.50. The van der Waals surface area contributed by atoms with E-state index >= 15 is 0 Å². The van der Waals surface area contributed by atoms with Crippen LogP contribution in [0.15, 0.2) is 4.99 Å². The Bertz CT molecular complexity index is 532. The third-order valence-corrected chi connectivity index (χ3v) is 5.23. The Balaban J connectivity index is 0.00000243. The fraction of sp³-hybridized carbons (Fsp3) is 0.889. The predicted octanol–water partition coefficient (Wildman–Crippen LogP) is 1.97. The summed E-state index contributed by atoms with van der Waals surface area (Å²) in [5.74, 6) is 0.991. The van der Waals surface area contributed by atoms with Crippen molar-refractivity contribution in [3.05, 3.63) is 0 Å². The Morgan fingerprint density at radius 3 is 2.69 bits per heavy atom. The van der Waals surface area contributed by atoms with Crippen molar-refractivity contribution in [2.24, 2.45) is 4.99 Å². The monoisotopic (exact) mass is 479 g/mol. The largest absolute Gasteiger partial charge is 0.444 e. The van der Waals surface area contributed by atoms with Crippen LogP contribution in [-0.2, 0) is 4.74 Å². The lowest BCUT2D eigenvalue weighted by Crippen LogP contribution is -2.58. The number of nitrogens with one attached hydrogen (secondary N) is 1. The van der Waals surface area contributed by atoms with E-state index in [2.05, 4.69) is 34.1 Å². The SMILES string of the molecule is CC(CNC1=NCC2CN(C(=O)OC(C)(C)C)CCN12)N(C)C1CC1.I. The predicted molar refractivity (Wildman–Crippen MR) is 114 cm³/mol. The van der Waals surface area contributed by atoms with Crippen LogP contribution in [0.4, 0.5) is 4.79 Å². The Hall–Kier alpha value is -0.770. The summed E-state index contributed by atoms with van der Waals surface area (Å²) in [6.45, 7) is 11.8. The molecule has 2 fully saturated rings. The molecule has 1 aliphatic carbocycles. The van der Waals surface area contributed by atoms with E-state index in [1.807, 2.05) is 25.7 Å². The molecular weight excluding hydrogens is 445 g/mol. The van der Waals surface area contributed by atoms with Gasteiger partial charge in [0.2, 0.25) is 0 Å². The van der Waals surface area contributed by atoms with Gasteiger partial charge in [-0.25, -0.2) is 4.79 Å². The fourth-order valence-corrected chi connectivity index (χ4v) is 3.45. The molecule has 7 nitrogen and oxygen atoms in total. The molecule has 2 atom stereocenters. The first-order valence-corrected chi connectivity index (χ1v) is 9.49. The molecule has 3 rings (SSSR count). The number of carbonyl (C=O) groups is 1. The minimum absolute atomic E-state index is 0. The number of hydrogen-bond donors (Lipinski definition) is 1. The number of fused-ring (bicyclic) bond motifs is 1. The molecule has 1 saturated carbocycles. The maximum atomic E-state index is 12.3. The number of carbonyl (C=O) groups excluding carboxylic acids is 1. The average Bonchev–Trinajstić information content (AvgIpc) is 3.31. The van der Waals surface area contributed by atoms with Gasteiger partial charge in [-0.05, 0) is 47.6 Å². The van der Waals surface area contributed by atoms with Gasteiger partial charge < -0.3 is 19.9 Å². The zero-order valence-corrected chi connectivity index (χ0v) is 19.0. The lowest BCUT2D eigenvalue weighted by molar-refractivity contribution is 0.0137. The Morgan fingerprint density at radius 1 is 1.38 bits per heavy atom. The molecule has 1 saturated heterocycles. The van der Waals surface area contributed by atoms with Crippen LogP contribution in [0.25, 0.3) is 0 Å². The van der Waals surface area contributed by atoms with E-state index in [1.54, 1.807) is 0 Å². The van der Waals surface area contributed by atoms with Crippen molar-refractivity contribution in [1.82, 2.24) is 20.0 Å². The summed E-state index contributed by atoms with van der Waals surface area (Å²) in [5.41, 5.74) is -0.448. The minimum atomic E-state index is -0.448.